The lowest BCUT2D eigenvalue weighted by molar-refractivity contribution is 0.168. The molecule has 1 aromatic carbocycles. The van der Waals surface area contributed by atoms with E-state index in [1.165, 1.54) is 30.7 Å². The molecule has 0 aliphatic rings. The summed E-state index contributed by atoms with van der Waals surface area (Å²) in [4.78, 5) is -0.0885. The zero-order valence-electron chi connectivity index (χ0n) is 10.8. The molecule has 0 amide bonds. The molecular weight excluding hydrogens is 337 g/mol. The lowest BCUT2D eigenvalue weighted by Crippen LogP contribution is -2.26. The predicted molar refractivity (Wildman–Crippen MR) is 79.9 cm³/mol. The summed E-state index contributed by atoms with van der Waals surface area (Å²) in [7, 11) is -3.78. The number of hydrogen-bond donors (Lipinski definition) is 2. The molecule has 21 heavy (non-hydrogen) atoms. The van der Waals surface area contributed by atoms with E-state index in [1.807, 2.05) is 0 Å². The highest BCUT2D eigenvalue weighted by Gasteiger charge is 2.19. The van der Waals surface area contributed by atoms with Gasteiger partial charge in [-0.1, -0.05) is 23.2 Å². The second kappa shape index (κ2) is 6.81. The Morgan fingerprint density at radius 2 is 2.05 bits per heavy atom. The standard InChI is InChI=1S/C13H13Cl2NO4S/c14-10-1-2-11(15)13(7-10)21(18,19)16-5-3-12(17)9-4-6-20-8-9/h1-2,4,6-8,12,16-17H,3,5H2. The Labute approximate surface area is 132 Å². The van der Waals surface area contributed by atoms with E-state index in [2.05, 4.69) is 4.72 Å². The second-order valence-electron chi connectivity index (χ2n) is 4.33. The second-order valence-corrected chi connectivity index (χ2v) is 6.91. The Hall–Kier alpha value is -1.05. The van der Waals surface area contributed by atoms with Gasteiger partial charge in [0.15, 0.2) is 0 Å². The lowest BCUT2D eigenvalue weighted by Gasteiger charge is -2.11. The maximum atomic E-state index is 12.1. The summed E-state index contributed by atoms with van der Waals surface area (Å²) in [6.07, 6.45) is 2.25. The SMILES string of the molecule is O=S(=O)(NCCC(O)c1ccoc1)c1cc(Cl)ccc1Cl. The highest BCUT2D eigenvalue weighted by atomic mass is 35.5. The van der Waals surface area contributed by atoms with Crippen molar-refractivity contribution in [1.29, 1.82) is 0 Å². The van der Waals surface area contributed by atoms with Gasteiger partial charge in [0.05, 0.1) is 23.7 Å². The zero-order valence-corrected chi connectivity index (χ0v) is 13.1. The molecule has 5 nitrogen and oxygen atoms in total. The van der Waals surface area contributed by atoms with Crippen LogP contribution in [0, 0.1) is 0 Å². The Bertz CT molecular complexity index is 701. The summed E-state index contributed by atoms with van der Waals surface area (Å²) < 4.78 is 31.5. The summed E-state index contributed by atoms with van der Waals surface area (Å²) in [5.41, 5.74) is 0.593. The van der Waals surface area contributed by atoms with E-state index in [-0.39, 0.29) is 27.9 Å². The summed E-state index contributed by atoms with van der Waals surface area (Å²) in [5.74, 6) is 0. The van der Waals surface area contributed by atoms with E-state index >= 15 is 0 Å². The minimum Gasteiger partial charge on any atom is -0.472 e. The number of aliphatic hydroxyl groups is 1. The van der Waals surface area contributed by atoms with Crippen LogP contribution < -0.4 is 4.72 Å². The molecule has 2 N–H and O–H groups in total. The van der Waals surface area contributed by atoms with Crippen molar-refractivity contribution in [3.05, 3.63) is 52.4 Å². The van der Waals surface area contributed by atoms with Gasteiger partial charge in [-0.2, -0.15) is 0 Å². The maximum Gasteiger partial charge on any atom is 0.242 e. The fraction of sp³-hybridized carbons (Fsp3) is 0.231. The molecule has 1 unspecified atom stereocenters. The first-order chi connectivity index (χ1) is 9.90. The number of benzene rings is 1. The molecule has 0 saturated carbocycles. The molecule has 8 heteroatoms. The smallest absolute Gasteiger partial charge is 0.242 e. The average molecular weight is 350 g/mol. The lowest BCUT2D eigenvalue weighted by atomic mass is 10.1. The largest absolute Gasteiger partial charge is 0.472 e. The first kappa shape index (κ1) is 16.3. The first-order valence-corrected chi connectivity index (χ1v) is 8.29. The molecule has 114 valence electrons. The molecule has 1 aromatic heterocycles. The molecule has 0 aliphatic carbocycles. The average Bonchev–Trinajstić information content (AvgIpc) is 2.95. The first-order valence-electron chi connectivity index (χ1n) is 6.05. The molecular formula is C13H13Cl2NO4S. The van der Waals surface area contributed by atoms with Crippen LogP contribution in [0.15, 0.2) is 46.1 Å². The molecule has 0 spiro atoms. The van der Waals surface area contributed by atoms with Gasteiger partial charge < -0.3 is 9.52 Å². The van der Waals surface area contributed by atoms with Crippen LogP contribution in [0.2, 0.25) is 10.0 Å². The van der Waals surface area contributed by atoms with Crippen molar-refractivity contribution >= 4 is 33.2 Å². The molecule has 1 atom stereocenters. The van der Waals surface area contributed by atoms with Gasteiger partial charge in [0.25, 0.3) is 0 Å². The van der Waals surface area contributed by atoms with Crippen molar-refractivity contribution in [2.24, 2.45) is 0 Å². The molecule has 2 aromatic rings. The van der Waals surface area contributed by atoms with Crippen LogP contribution >= 0.6 is 23.2 Å². The van der Waals surface area contributed by atoms with Gasteiger partial charge in [0.1, 0.15) is 4.90 Å². The third kappa shape index (κ3) is 4.21. The minimum atomic E-state index is -3.78. The summed E-state index contributed by atoms with van der Waals surface area (Å²) in [6, 6.07) is 5.82. The summed E-state index contributed by atoms with van der Waals surface area (Å²) >= 11 is 11.6. The molecule has 0 bridgehead atoms. The Morgan fingerprint density at radius 1 is 1.29 bits per heavy atom. The Kier molecular flexibility index (Phi) is 5.29. The van der Waals surface area contributed by atoms with Crippen LogP contribution in [-0.4, -0.2) is 20.1 Å². The van der Waals surface area contributed by atoms with Gasteiger partial charge in [0, 0.05) is 17.1 Å². The van der Waals surface area contributed by atoms with Crippen molar-refractivity contribution < 1.29 is 17.9 Å². The third-order valence-corrected chi connectivity index (χ3v) is 5.00. The van der Waals surface area contributed by atoms with Crippen LogP contribution in [0.5, 0.6) is 0 Å². The molecule has 0 saturated heterocycles. The molecule has 0 aliphatic heterocycles. The van der Waals surface area contributed by atoms with Crippen LogP contribution in [0.25, 0.3) is 0 Å². The van der Waals surface area contributed by atoms with E-state index in [1.54, 1.807) is 6.07 Å². The van der Waals surface area contributed by atoms with Crippen molar-refractivity contribution in [1.82, 2.24) is 4.72 Å². The van der Waals surface area contributed by atoms with Crippen LogP contribution in [0.4, 0.5) is 0 Å². The number of rotatable bonds is 6. The van der Waals surface area contributed by atoms with Gasteiger partial charge in [0.2, 0.25) is 10.0 Å². The van der Waals surface area contributed by atoms with Crippen LogP contribution in [0.3, 0.4) is 0 Å². The summed E-state index contributed by atoms with van der Waals surface area (Å²) in [6.45, 7) is 0.0531. The topological polar surface area (TPSA) is 79.5 Å². The van der Waals surface area contributed by atoms with E-state index < -0.39 is 16.1 Å². The molecule has 0 radical (unpaired) electrons. The van der Waals surface area contributed by atoms with E-state index in [4.69, 9.17) is 27.6 Å². The highest BCUT2D eigenvalue weighted by molar-refractivity contribution is 7.89. The number of sulfonamides is 1. The predicted octanol–water partition coefficient (Wildman–Crippen LogP) is 2.99. The normalized spacial score (nSPS) is 13.3. The van der Waals surface area contributed by atoms with E-state index in [0.29, 0.717) is 5.56 Å². The Morgan fingerprint density at radius 3 is 2.71 bits per heavy atom. The fourth-order valence-electron chi connectivity index (χ4n) is 1.72. The van der Waals surface area contributed by atoms with Gasteiger partial charge in [-0.3, -0.25) is 0 Å². The van der Waals surface area contributed by atoms with Gasteiger partial charge in [-0.15, -0.1) is 0 Å². The van der Waals surface area contributed by atoms with Crippen molar-refractivity contribution in [3.63, 3.8) is 0 Å². The number of halogens is 2. The van der Waals surface area contributed by atoms with E-state index in [9.17, 15) is 13.5 Å². The van der Waals surface area contributed by atoms with Crippen molar-refractivity contribution in [2.75, 3.05) is 6.54 Å². The maximum absolute atomic E-state index is 12.1. The van der Waals surface area contributed by atoms with Gasteiger partial charge in [-0.05, 0) is 30.7 Å². The monoisotopic (exact) mass is 349 g/mol. The molecule has 1 heterocycles. The quantitative estimate of drug-likeness (QED) is 0.839. The number of nitrogens with one attached hydrogen (secondary N) is 1. The number of furan rings is 1. The minimum absolute atomic E-state index is 0.0531. The summed E-state index contributed by atoms with van der Waals surface area (Å²) in [5, 5.41) is 10.2. The number of aliphatic hydroxyl groups excluding tert-OH is 1. The van der Waals surface area contributed by atoms with Crippen molar-refractivity contribution in [2.45, 2.75) is 17.4 Å². The Balaban J connectivity index is 2.00. The van der Waals surface area contributed by atoms with Gasteiger partial charge >= 0.3 is 0 Å². The van der Waals surface area contributed by atoms with E-state index in [0.717, 1.165) is 0 Å². The highest BCUT2D eigenvalue weighted by Crippen LogP contribution is 2.25. The van der Waals surface area contributed by atoms with Crippen LogP contribution in [-0.2, 0) is 10.0 Å². The van der Waals surface area contributed by atoms with Crippen LogP contribution in [0.1, 0.15) is 18.1 Å². The number of hydrogen-bond acceptors (Lipinski definition) is 4. The fourth-order valence-corrected chi connectivity index (χ4v) is 3.53. The third-order valence-electron chi connectivity index (χ3n) is 2.82. The molecule has 2 rings (SSSR count). The van der Waals surface area contributed by atoms with Crippen molar-refractivity contribution in [3.8, 4) is 0 Å². The zero-order chi connectivity index (χ0) is 15.5. The molecule has 0 fully saturated rings. The van der Waals surface area contributed by atoms with Gasteiger partial charge in [-0.25, -0.2) is 13.1 Å².